The molecule has 0 spiro atoms. The normalized spacial score (nSPS) is 23.3. The van der Waals surface area contributed by atoms with Gasteiger partial charge in [-0.2, -0.15) is 0 Å². The Morgan fingerprint density at radius 3 is 2.53 bits per heavy atom. The minimum atomic E-state index is -0.246. The van der Waals surface area contributed by atoms with Gasteiger partial charge in [-0.1, -0.05) is 5.16 Å². The van der Waals surface area contributed by atoms with Crippen molar-refractivity contribution in [2.75, 3.05) is 0 Å². The number of rotatable bonds is 4. The number of amides is 1. The van der Waals surface area contributed by atoms with Gasteiger partial charge in [-0.3, -0.25) is 10.2 Å². The molecule has 2 rings (SSSR count). The molecular weight excluding hydrogens is 250 g/mol. The number of hydrazine groups is 1. The summed E-state index contributed by atoms with van der Waals surface area (Å²) in [6, 6.07) is 0. The van der Waals surface area contributed by atoms with Crippen LogP contribution in [0.4, 0.5) is 0 Å². The maximum Gasteiger partial charge on any atom is 0.236 e. The predicted octanol–water partition coefficient (Wildman–Crippen LogP) is -0.0771. The van der Waals surface area contributed by atoms with Gasteiger partial charge in [0.15, 0.2) is 0 Å². The number of aliphatic hydroxyl groups is 2. The number of carbonyl (C=O) groups is 1. The molecule has 0 unspecified atom stereocenters. The Bertz CT molecular complexity index is 438. The van der Waals surface area contributed by atoms with Crippen LogP contribution >= 0.6 is 0 Å². The molecule has 1 aliphatic carbocycles. The van der Waals surface area contributed by atoms with Gasteiger partial charge in [-0.05, 0) is 25.7 Å². The van der Waals surface area contributed by atoms with E-state index in [0.717, 1.165) is 25.7 Å². The van der Waals surface area contributed by atoms with E-state index in [1.54, 1.807) is 0 Å². The second-order valence-corrected chi connectivity index (χ2v) is 4.85. The van der Waals surface area contributed by atoms with Crippen molar-refractivity contribution in [1.82, 2.24) is 10.6 Å². The third-order valence-corrected chi connectivity index (χ3v) is 3.82. The largest absolute Gasteiger partial charge is 0.391 e. The van der Waals surface area contributed by atoms with Crippen molar-refractivity contribution >= 4 is 5.91 Å². The van der Waals surface area contributed by atoms with Crippen LogP contribution in [0.15, 0.2) is 4.52 Å². The van der Waals surface area contributed by atoms with E-state index in [1.807, 2.05) is 0 Å². The number of hydrogen-bond donors (Lipinski definition) is 4. The Balaban J connectivity index is 2.05. The van der Waals surface area contributed by atoms with Gasteiger partial charge < -0.3 is 14.7 Å². The summed E-state index contributed by atoms with van der Waals surface area (Å²) < 4.78 is 5.24. The van der Waals surface area contributed by atoms with Gasteiger partial charge in [-0.25, -0.2) is 5.84 Å². The zero-order valence-corrected chi connectivity index (χ0v) is 10.6. The Labute approximate surface area is 110 Å². The molecule has 0 atom stereocenters. The van der Waals surface area contributed by atoms with Crippen molar-refractivity contribution < 1.29 is 19.5 Å². The van der Waals surface area contributed by atoms with Crippen LogP contribution in [-0.2, 0) is 18.0 Å². The van der Waals surface area contributed by atoms with Gasteiger partial charge >= 0.3 is 0 Å². The fourth-order valence-corrected chi connectivity index (χ4v) is 2.71. The number of hydrogen-bond acceptors (Lipinski definition) is 6. The van der Waals surface area contributed by atoms with Gasteiger partial charge in [0.1, 0.15) is 11.5 Å². The molecule has 1 aliphatic rings. The van der Waals surface area contributed by atoms with Crippen molar-refractivity contribution in [3.63, 3.8) is 0 Å². The maximum absolute atomic E-state index is 11.4. The molecule has 19 heavy (non-hydrogen) atoms. The second kappa shape index (κ2) is 6.14. The van der Waals surface area contributed by atoms with E-state index >= 15 is 0 Å². The molecule has 0 saturated heterocycles. The number of aromatic nitrogens is 1. The van der Waals surface area contributed by atoms with Crippen LogP contribution < -0.4 is 11.3 Å². The average Bonchev–Trinajstić information content (AvgIpc) is 2.89. The van der Waals surface area contributed by atoms with Crippen LogP contribution in [0.5, 0.6) is 0 Å². The molecule has 0 radical (unpaired) electrons. The van der Waals surface area contributed by atoms with E-state index in [9.17, 15) is 9.90 Å². The Hall–Kier alpha value is -1.44. The lowest BCUT2D eigenvalue weighted by Gasteiger charge is -2.26. The summed E-state index contributed by atoms with van der Waals surface area (Å²) in [7, 11) is 0. The van der Waals surface area contributed by atoms with E-state index in [0.29, 0.717) is 17.0 Å². The highest BCUT2D eigenvalue weighted by Gasteiger charge is 2.30. The molecule has 1 aromatic rings. The Morgan fingerprint density at radius 2 is 2.00 bits per heavy atom. The number of nitrogens with two attached hydrogens (primary N) is 1. The summed E-state index contributed by atoms with van der Waals surface area (Å²) in [6.07, 6.45) is 3.03. The van der Waals surface area contributed by atoms with Crippen molar-refractivity contribution in [1.29, 1.82) is 0 Å². The van der Waals surface area contributed by atoms with Crippen LogP contribution in [0.3, 0.4) is 0 Å². The fraction of sp³-hybridized carbons (Fsp3) is 0.667. The van der Waals surface area contributed by atoms with Crippen molar-refractivity contribution in [2.24, 2.45) is 11.8 Å². The molecule has 1 aromatic heterocycles. The lowest BCUT2D eigenvalue weighted by Crippen LogP contribution is -2.37. The summed E-state index contributed by atoms with van der Waals surface area (Å²) in [5.74, 6) is 5.71. The SMILES string of the molecule is NNC(=O)C1CCC(c2onc(CO)c2CO)CC1. The van der Waals surface area contributed by atoms with Crippen LogP contribution in [0.2, 0.25) is 0 Å². The highest BCUT2D eigenvalue weighted by Crippen LogP contribution is 2.38. The van der Waals surface area contributed by atoms with E-state index in [2.05, 4.69) is 10.6 Å². The van der Waals surface area contributed by atoms with Gasteiger partial charge in [0.05, 0.1) is 13.2 Å². The predicted molar refractivity (Wildman–Crippen MR) is 65.4 cm³/mol. The molecule has 7 heteroatoms. The molecule has 7 nitrogen and oxygen atoms in total. The quantitative estimate of drug-likeness (QED) is 0.344. The molecule has 106 valence electrons. The summed E-state index contributed by atoms with van der Waals surface area (Å²) >= 11 is 0. The first-order valence-corrected chi connectivity index (χ1v) is 6.40. The molecule has 0 bridgehead atoms. The van der Waals surface area contributed by atoms with E-state index in [-0.39, 0.29) is 31.0 Å². The van der Waals surface area contributed by atoms with E-state index < -0.39 is 0 Å². The molecular formula is C12H19N3O4. The van der Waals surface area contributed by atoms with Gasteiger partial charge in [0.2, 0.25) is 5.91 Å². The maximum atomic E-state index is 11.4. The van der Waals surface area contributed by atoms with Crippen molar-refractivity contribution in [2.45, 2.75) is 44.8 Å². The first kappa shape index (κ1) is 14.0. The third kappa shape index (κ3) is 2.78. The van der Waals surface area contributed by atoms with Crippen molar-refractivity contribution in [3.05, 3.63) is 17.0 Å². The molecule has 5 N–H and O–H groups in total. The molecule has 1 amide bonds. The number of nitrogens with zero attached hydrogens (tertiary/aromatic N) is 1. The zero-order chi connectivity index (χ0) is 13.8. The zero-order valence-electron chi connectivity index (χ0n) is 10.6. The Kier molecular flexibility index (Phi) is 4.52. The molecule has 1 saturated carbocycles. The average molecular weight is 269 g/mol. The minimum Gasteiger partial charge on any atom is -0.391 e. The number of nitrogens with one attached hydrogen (secondary N) is 1. The first-order valence-electron chi connectivity index (χ1n) is 6.40. The van der Waals surface area contributed by atoms with Crippen LogP contribution in [-0.4, -0.2) is 21.3 Å². The highest BCUT2D eigenvalue weighted by atomic mass is 16.5. The summed E-state index contributed by atoms with van der Waals surface area (Å²) in [6.45, 7) is -0.442. The molecule has 0 aliphatic heterocycles. The van der Waals surface area contributed by atoms with E-state index in [1.165, 1.54) is 0 Å². The van der Waals surface area contributed by atoms with Gasteiger partial charge in [0.25, 0.3) is 0 Å². The smallest absolute Gasteiger partial charge is 0.236 e. The summed E-state index contributed by atoms with van der Waals surface area (Å²) in [5, 5.41) is 22.2. The number of aliphatic hydroxyl groups excluding tert-OH is 2. The lowest BCUT2D eigenvalue weighted by atomic mass is 9.79. The minimum absolute atomic E-state index is 0.0564. The molecule has 1 heterocycles. The molecule has 1 fully saturated rings. The highest BCUT2D eigenvalue weighted by molar-refractivity contribution is 5.78. The topological polar surface area (TPSA) is 122 Å². The third-order valence-electron chi connectivity index (χ3n) is 3.82. The van der Waals surface area contributed by atoms with E-state index in [4.69, 9.17) is 15.5 Å². The summed E-state index contributed by atoms with van der Waals surface area (Å²) in [5.41, 5.74) is 3.14. The van der Waals surface area contributed by atoms with Crippen LogP contribution in [0.1, 0.15) is 48.6 Å². The van der Waals surface area contributed by atoms with Gasteiger partial charge in [0, 0.05) is 17.4 Å². The first-order chi connectivity index (χ1) is 9.21. The Morgan fingerprint density at radius 1 is 1.32 bits per heavy atom. The van der Waals surface area contributed by atoms with Crippen LogP contribution in [0.25, 0.3) is 0 Å². The molecule has 0 aromatic carbocycles. The second-order valence-electron chi connectivity index (χ2n) is 4.85. The van der Waals surface area contributed by atoms with Gasteiger partial charge in [-0.15, -0.1) is 0 Å². The van der Waals surface area contributed by atoms with Crippen LogP contribution in [0, 0.1) is 5.92 Å². The number of carbonyl (C=O) groups excluding carboxylic acids is 1. The standard InChI is InChI=1S/C12H19N3O4/c13-14-12(18)8-3-1-7(2-4-8)11-9(5-16)10(6-17)15-19-11/h7-8,16-17H,1-6,13H2,(H,14,18). The fourth-order valence-electron chi connectivity index (χ4n) is 2.71. The lowest BCUT2D eigenvalue weighted by molar-refractivity contribution is -0.126. The summed E-state index contributed by atoms with van der Waals surface area (Å²) in [4.78, 5) is 11.4. The van der Waals surface area contributed by atoms with Crippen molar-refractivity contribution in [3.8, 4) is 0 Å². The monoisotopic (exact) mass is 269 g/mol.